The molecule has 3 nitrogen and oxygen atoms in total. The number of nitrogen functional groups attached to an aromatic ring is 1. The maximum absolute atomic E-state index is 5.93. The third-order valence-electron chi connectivity index (χ3n) is 3.59. The lowest BCUT2D eigenvalue weighted by Crippen LogP contribution is -2.05. The largest absolute Gasteiger partial charge is 0.397 e. The Balaban J connectivity index is 1.97. The molecular formula is C14H17N3. The first-order valence-electron chi connectivity index (χ1n) is 6.19. The van der Waals surface area contributed by atoms with Gasteiger partial charge in [-0.05, 0) is 36.6 Å². The van der Waals surface area contributed by atoms with E-state index >= 15 is 0 Å². The van der Waals surface area contributed by atoms with Gasteiger partial charge in [0, 0.05) is 23.3 Å². The number of hydrogen-bond acceptors (Lipinski definition) is 3. The van der Waals surface area contributed by atoms with E-state index in [0.29, 0.717) is 6.04 Å². The molecule has 88 valence electrons. The van der Waals surface area contributed by atoms with Crippen LogP contribution < -0.4 is 11.1 Å². The van der Waals surface area contributed by atoms with Gasteiger partial charge in [-0.3, -0.25) is 4.98 Å². The Morgan fingerprint density at radius 1 is 1.41 bits per heavy atom. The van der Waals surface area contributed by atoms with Crippen molar-refractivity contribution in [3.8, 4) is 0 Å². The van der Waals surface area contributed by atoms with Crippen LogP contribution in [0.5, 0.6) is 0 Å². The molecule has 3 heteroatoms. The molecule has 3 N–H and O–H groups in total. The van der Waals surface area contributed by atoms with Crippen LogP contribution in [0.4, 0.5) is 11.4 Å². The van der Waals surface area contributed by atoms with E-state index in [1.807, 2.05) is 12.1 Å². The average Bonchev–Trinajstić information content (AvgIpc) is 3.12. The van der Waals surface area contributed by atoms with E-state index in [1.54, 1.807) is 6.20 Å². The van der Waals surface area contributed by atoms with E-state index in [9.17, 15) is 0 Å². The van der Waals surface area contributed by atoms with Gasteiger partial charge in [-0.2, -0.15) is 0 Å². The predicted molar refractivity (Wildman–Crippen MR) is 72.0 cm³/mol. The lowest BCUT2D eigenvalue weighted by molar-refractivity contribution is 0.775. The number of benzene rings is 1. The number of nitrogens with zero attached hydrogens (tertiary/aromatic N) is 1. The summed E-state index contributed by atoms with van der Waals surface area (Å²) in [6.45, 7) is 2.25. The molecule has 1 aromatic heterocycles. The second-order valence-electron chi connectivity index (χ2n) is 4.76. The number of pyridine rings is 1. The van der Waals surface area contributed by atoms with Crippen LogP contribution >= 0.6 is 0 Å². The monoisotopic (exact) mass is 227 g/mol. The Morgan fingerprint density at radius 3 is 3.06 bits per heavy atom. The Morgan fingerprint density at radius 2 is 2.29 bits per heavy atom. The minimum atomic E-state index is 0.632. The van der Waals surface area contributed by atoms with E-state index in [-0.39, 0.29) is 0 Å². The minimum absolute atomic E-state index is 0.632. The molecule has 3 rings (SSSR count). The van der Waals surface area contributed by atoms with Crippen molar-refractivity contribution >= 4 is 22.3 Å². The van der Waals surface area contributed by atoms with Crippen LogP contribution in [0.25, 0.3) is 10.9 Å². The number of rotatable bonds is 3. The summed E-state index contributed by atoms with van der Waals surface area (Å²) in [6.07, 6.45) is 4.32. The van der Waals surface area contributed by atoms with E-state index in [4.69, 9.17) is 5.73 Å². The molecule has 1 aliphatic carbocycles. The highest BCUT2D eigenvalue weighted by Gasteiger charge is 2.35. The maximum Gasteiger partial charge on any atom is 0.0951 e. The molecule has 2 unspecified atom stereocenters. The number of nitrogens with one attached hydrogen (secondary N) is 1. The van der Waals surface area contributed by atoms with Crippen LogP contribution in [0.2, 0.25) is 0 Å². The van der Waals surface area contributed by atoms with E-state index in [1.165, 1.54) is 12.8 Å². The molecule has 0 aliphatic heterocycles. The molecule has 0 bridgehead atoms. The normalized spacial score (nSPS) is 22.6. The molecule has 1 aromatic carbocycles. The second kappa shape index (κ2) is 3.91. The van der Waals surface area contributed by atoms with Crippen molar-refractivity contribution in [3.63, 3.8) is 0 Å². The van der Waals surface area contributed by atoms with E-state index in [0.717, 1.165) is 28.2 Å². The van der Waals surface area contributed by atoms with Crippen molar-refractivity contribution in [1.29, 1.82) is 0 Å². The standard InChI is InChI=1S/C14H17N3/c1-2-9-8-13(9)17-12-6-5-11(15)14-10(12)4-3-7-16-14/h3-7,9,13,17H,2,8,15H2,1H3. The van der Waals surface area contributed by atoms with Crippen molar-refractivity contribution in [1.82, 2.24) is 4.98 Å². The second-order valence-corrected chi connectivity index (χ2v) is 4.76. The molecule has 0 radical (unpaired) electrons. The first-order chi connectivity index (χ1) is 8.29. The van der Waals surface area contributed by atoms with Gasteiger partial charge in [0.15, 0.2) is 0 Å². The summed E-state index contributed by atoms with van der Waals surface area (Å²) in [7, 11) is 0. The third-order valence-corrected chi connectivity index (χ3v) is 3.59. The van der Waals surface area contributed by atoms with Gasteiger partial charge in [0.25, 0.3) is 0 Å². The van der Waals surface area contributed by atoms with Gasteiger partial charge in [0.2, 0.25) is 0 Å². The van der Waals surface area contributed by atoms with Crippen molar-refractivity contribution < 1.29 is 0 Å². The van der Waals surface area contributed by atoms with E-state index < -0.39 is 0 Å². The van der Waals surface area contributed by atoms with Gasteiger partial charge in [-0.15, -0.1) is 0 Å². The predicted octanol–water partition coefficient (Wildman–Crippen LogP) is 3.03. The number of anilines is 2. The summed E-state index contributed by atoms with van der Waals surface area (Å²) in [6, 6.07) is 8.65. The Hall–Kier alpha value is -1.77. The molecule has 1 heterocycles. The first-order valence-corrected chi connectivity index (χ1v) is 6.19. The fourth-order valence-electron chi connectivity index (χ4n) is 2.40. The molecule has 2 atom stereocenters. The number of nitrogens with two attached hydrogens (primary N) is 1. The summed E-state index contributed by atoms with van der Waals surface area (Å²) >= 11 is 0. The summed E-state index contributed by atoms with van der Waals surface area (Å²) in [5.74, 6) is 0.833. The van der Waals surface area contributed by atoms with Gasteiger partial charge < -0.3 is 11.1 Å². The summed E-state index contributed by atoms with van der Waals surface area (Å²) in [5.41, 5.74) is 8.73. The molecule has 1 fully saturated rings. The summed E-state index contributed by atoms with van der Waals surface area (Å²) in [5, 5.41) is 4.71. The zero-order chi connectivity index (χ0) is 11.8. The summed E-state index contributed by atoms with van der Waals surface area (Å²) in [4.78, 5) is 4.34. The van der Waals surface area contributed by atoms with Crippen LogP contribution in [0.3, 0.4) is 0 Å². The van der Waals surface area contributed by atoms with Crippen LogP contribution in [-0.2, 0) is 0 Å². The maximum atomic E-state index is 5.93. The highest BCUT2D eigenvalue weighted by molar-refractivity contribution is 5.98. The van der Waals surface area contributed by atoms with Gasteiger partial charge >= 0.3 is 0 Å². The highest BCUT2D eigenvalue weighted by Crippen LogP contribution is 2.38. The first kappa shape index (κ1) is 10.4. The molecule has 0 amide bonds. The van der Waals surface area contributed by atoms with Crippen LogP contribution in [-0.4, -0.2) is 11.0 Å². The SMILES string of the molecule is CCC1CC1Nc1ccc(N)c2ncccc12. The van der Waals surface area contributed by atoms with Crippen LogP contribution in [0.1, 0.15) is 19.8 Å². The van der Waals surface area contributed by atoms with Crippen molar-refractivity contribution in [2.75, 3.05) is 11.1 Å². The number of hydrogen-bond donors (Lipinski definition) is 2. The molecule has 2 aromatic rings. The minimum Gasteiger partial charge on any atom is -0.397 e. The molecule has 1 saturated carbocycles. The fourth-order valence-corrected chi connectivity index (χ4v) is 2.40. The highest BCUT2D eigenvalue weighted by atomic mass is 15.0. The zero-order valence-corrected chi connectivity index (χ0v) is 9.98. The molecule has 1 aliphatic rings. The molecule has 0 saturated heterocycles. The number of aromatic nitrogens is 1. The number of fused-ring (bicyclic) bond motifs is 1. The Labute approximate surface area is 101 Å². The molecule has 0 spiro atoms. The quantitative estimate of drug-likeness (QED) is 0.792. The third kappa shape index (κ3) is 1.82. The fraction of sp³-hybridized carbons (Fsp3) is 0.357. The Kier molecular flexibility index (Phi) is 2.39. The van der Waals surface area contributed by atoms with Crippen molar-refractivity contribution in [2.45, 2.75) is 25.8 Å². The zero-order valence-electron chi connectivity index (χ0n) is 9.98. The molecular weight excluding hydrogens is 210 g/mol. The van der Waals surface area contributed by atoms with Crippen molar-refractivity contribution in [3.05, 3.63) is 30.5 Å². The summed E-state index contributed by atoms with van der Waals surface area (Å²) < 4.78 is 0. The van der Waals surface area contributed by atoms with Gasteiger partial charge in [0.05, 0.1) is 11.2 Å². The molecule has 17 heavy (non-hydrogen) atoms. The van der Waals surface area contributed by atoms with E-state index in [2.05, 4.69) is 29.4 Å². The lowest BCUT2D eigenvalue weighted by Gasteiger charge is -2.10. The van der Waals surface area contributed by atoms with Crippen LogP contribution in [0, 0.1) is 5.92 Å². The lowest BCUT2D eigenvalue weighted by atomic mass is 10.1. The smallest absolute Gasteiger partial charge is 0.0951 e. The topological polar surface area (TPSA) is 50.9 Å². The van der Waals surface area contributed by atoms with Gasteiger partial charge in [-0.25, -0.2) is 0 Å². The van der Waals surface area contributed by atoms with Gasteiger partial charge in [-0.1, -0.05) is 13.3 Å². The van der Waals surface area contributed by atoms with Crippen molar-refractivity contribution in [2.24, 2.45) is 5.92 Å². The van der Waals surface area contributed by atoms with Gasteiger partial charge in [0.1, 0.15) is 0 Å². The van der Waals surface area contributed by atoms with Crippen LogP contribution in [0.15, 0.2) is 30.5 Å². The Bertz CT molecular complexity index is 550. The average molecular weight is 227 g/mol.